The summed E-state index contributed by atoms with van der Waals surface area (Å²) in [5.41, 5.74) is 0. The number of carbonyl (C=O) groups is 3. The monoisotopic (exact) mass is 907 g/mol. The predicted octanol–water partition coefficient (Wildman–Crippen LogP) is 18.2. The number of allylic oxidation sites excluding steroid dienone is 12. The summed E-state index contributed by atoms with van der Waals surface area (Å²) in [5, 5.41) is 0. The number of unbranched alkanes of at least 4 members (excludes halogenated alkanes) is 26. The van der Waals surface area contributed by atoms with Crippen LogP contribution in [-0.4, -0.2) is 37.2 Å². The van der Waals surface area contributed by atoms with Crippen LogP contribution in [0.5, 0.6) is 0 Å². The molecule has 0 saturated heterocycles. The average molecular weight is 907 g/mol. The second-order valence-electron chi connectivity index (χ2n) is 18.1. The van der Waals surface area contributed by atoms with E-state index in [1.807, 2.05) is 6.08 Å². The molecule has 65 heavy (non-hydrogen) atoms. The van der Waals surface area contributed by atoms with Crippen LogP contribution in [0.3, 0.4) is 0 Å². The Balaban J connectivity index is 4.47. The van der Waals surface area contributed by atoms with Gasteiger partial charge in [-0.25, -0.2) is 0 Å². The van der Waals surface area contributed by atoms with Crippen LogP contribution in [0.25, 0.3) is 0 Å². The summed E-state index contributed by atoms with van der Waals surface area (Å²) in [5.74, 6) is -0.974. The molecule has 1 atom stereocenters. The molecule has 0 aliphatic rings. The van der Waals surface area contributed by atoms with Crippen molar-refractivity contribution in [3.05, 3.63) is 72.9 Å². The molecule has 6 nitrogen and oxygen atoms in total. The van der Waals surface area contributed by atoms with Crippen LogP contribution in [0.2, 0.25) is 0 Å². The summed E-state index contributed by atoms with van der Waals surface area (Å²) in [6, 6.07) is 0. The first-order chi connectivity index (χ1) is 32.0. The Kier molecular flexibility index (Phi) is 50.9. The molecule has 0 radical (unpaired) electrons. The Morgan fingerprint density at radius 2 is 0.600 bits per heavy atom. The lowest BCUT2D eigenvalue weighted by atomic mass is 10.0. The Labute approximate surface area is 402 Å². The smallest absolute Gasteiger partial charge is 0.306 e. The molecule has 0 aliphatic carbocycles. The van der Waals surface area contributed by atoms with Gasteiger partial charge < -0.3 is 14.2 Å². The van der Waals surface area contributed by atoms with Crippen molar-refractivity contribution >= 4 is 17.9 Å². The van der Waals surface area contributed by atoms with Crippen LogP contribution in [0.1, 0.15) is 265 Å². The molecule has 0 spiro atoms. The second-order valence-corrected chi connectivity index (χ2v) is 18.1. The first-order valence-electron chi connectivity index (χ1n) is 27.4. The highest BCUT2D eigenvalue weighted by Crippen LogP contribution is 2.16. The van der Waals surface area contributed by atoms with Gasteiger partial charge in [-0.2, -0.15) is 0 Å². The van der Waals surface area contributed by atoms with E-state index in [2.05, 4.69) is 87.6 Å². The minimum atomic E-state index is -0.802. The molecule has 0 aromatic heterocycles. The number of esters is 3. The Morgan fingerprint density at radius 1 is 0.323 bits per heavy atom. The van der Waals surface area contributed by atoms with Gasteiger partial charge in [0.2, 0.25) is 0 Å². The van der Waals surface area contributed by atoms with E-state index in [4.69, 9.17) is 14.2 Å². The van der Waals surface area contributed by atoms with Gasteiger partial charge in [0.15, 0.2) is 6.10 Å². The highest BCUT2D eigenvalue weighted by molar-refractivity contribution is 5.71. The van der Waals surface area contributed by atoms with Crippen molar-refractivity contribution in [2.24, 2.45) is 0 Å². The number of hydrogen-bond donors (Lipinski definition) is 0. The highest BCUT2D eigenvalue weighted by atomic mass is 16.6. The summed E-state index contributed by atoms with van der Waals surface area (Å²) >= 11 is 0. The fraction of sp³-hybridized carbons (Fsp3) is 0.746. The molecule has 0 saturated carbocycles. The van der Waals surface area contributed by atoms with E-state index >= 15 is 0 Å². The molecule has 374 valence electrons. The van der Waals surface area contributed by atoms with Gasteiger partial charge in [0, 0.05) is 19.3 Å². The fourth-order valence-electron chi connectivity index (χ4n) is 7.65. The summed E-state index contributed by atoms with van der Waals surface area (Å²) in [7, 11) is 0. The van der Waals surface area contributed by atoms with Gasteiger partial charge in [0.05, 0.1) is 0 Å². The van der Waals surface area contributed by atoms with Crippen LogP contribution < -0.4 is 0 Å². The summed E-state index contributed by atoms with van der Waals surface area (Å²) in [6.07, 6.45) is 67.5. The summed E-state index contributed by atoms with van der Waals surface area (Å²) < 4.78 is 16.8. The van der Waals surface area contributed by atoms with Crippen LogP contribution in [0.15, 0.2) is 72.9 Å². The molecule has 0 rings (SSSR count). The summed E-state index contributed by atoms with van der Waals surface area (Å²) in [6.45, 7) is 6.48. The minimum Gasteiger partial charge on any atom is -0.462 e. The van der Waals surface area contributed by atoms with Crippen molar-refractivity contribution in [2.75, 3.05) is 13.2 Å². The van der Waals surface area contributed by atoms with Gasteiger partial charge in [0.1, 0.15) is 13.2 Å². The minimum absolute atomic E-state index is 0.0949. The summed E-state index contributed by atoms with van der Waals surface area (Å²) in [4.78, 5) is 38.0. The topological polar surface area (TPSA) is 78.9 Å². The molecular formula is C59H102O6. The van der Waals surface area contributed by atoms with Gasteiger partial charge in [0.25, 0.3) is 0 Å². The van der Waals surface area contributed by atoms with Crippen LogP contribution in [0, 0.1) is 0 Å². The molecule has 0 unspecified atom stereocenters. The van der Waals surface area contributed by atoms with Crippen molar-refractivity contribution in [3.63, 3.8) is 0 Å². The second kappa shape index (κ2) is 53.5. The number of hydrogen-bond acceptors (Lipinski definition) is 6. The molecule has 0 aromatic carbocycles. The lowest BCUT2D eigenvalue weighted by Crippen LogP contribution is -2.30. The van der Waals surface area contributed by atoms with E-state index in [1.54, 1.807) is 0 Å². The van der Waals surface area contributed by atoms with Crippen molar-refractivity contribution in [2.45, 2.75) is 271 Å². The standard InChI is InChI=1S/C59H102O6/c1-4-7-10-13-16-19-22-25-27-28-29-30-32-34-37-40-43-46-49-52-58(61)64-55-56(54-63-57(60)51-48-45-42-39-36-33-24-21-18-15-12-9-6-3)65-59(62)53-50-47-44-41-38-35-31-26-23-20-17-14-11-8-5-2/h7,10,16,19,25,27,29-30,34,37,43,46,56H,4-6,8-9,11-15,17-18,20-24,26,28,31-33,35-36,38-42,44-45,47-55H2,1-3H3/b10-7+,19-16+,27-25+,30-29+,37-34+,46-43+/t56-/m1/s1. The van der Waals surface area contributed by atoms with E-state index < -0.39 is 6.10 Å². The van der Waals surface area contributed by atoms with E-state index in [-0.39, 0.29) is 37.5 Å². The molecule has 0 aliphatic heterocycles. The first kappa shape index (κ1) is 61.9. The van der Waals surface area contributed by atoms with Gasteiger partial charge >= 0.3 is 17.9 Å². The van der Waals surface area contributed by atoms with Crippen LogP contribution in [0.4, 0.5) is 0 Å². The molecule has 6 heteroatoms. The third-order valence-electron chi connectivity index (χ3n) is 11.7. The fourth-order valence-corrected chi connectivity index (χ4v) is 7.65. The van der Waals surface area contributed by atoms with Crippen molar-refractivity contribution < 1.29 is 28.6 Å². The normalized spacial score (nSPS) is 12.6. The van der Waals surface area contributed by atoms with E-state index in [1.165, 1.54) is 141 Å². The molecule has 0 aromatic rings. The van der Waals surface area contributed by atoms with E-state index in [0.717, 1.165) is 77.0 Å². The molecule has 0 bridgehead atoms. The lowest BCUT2D eigenvalue weighted by molar-refractivity contribution is -0.166. The maximum Gasteiger partial charge on any atom is 0.306 e. The molecule has 0 amide bonds. The van der Waals surface area contributed by atoms with E-state index in [0.29, 0.717) is 19.3 Å². The Morgan fingerprint density at radius 3 is 0.938 bits per heavy atom. The van der Waals surface area contributed by atoms with Crippen molar-refractivity contribution in [1.82, 2.24) is 0 Å². The quantitative estimate of drug-likeness (QED) is 0.0262. The van der Waals surface area contributed by atoms with Gasteiger partial charge in [-0.3, -0.25) is 14.4 Å². The Bertz CT molecular complexity index is 1230. The van der Waals surface area contributed by atoms with Gasteiger partial charge in [-0.15, -0.1) is 0 Å². The van der Waals surface area contributed by atoms with Gasteiger partial charge in [-0.05, 0) is 57.8 Å². The molecular weight excluding hydrogens is 805 g/mol. The third kappa shape index (κ3) is 51.7. The van der Waals surface area contributed by atoms with E-state index in [9.17, 15) is 14.4 Å². The molecule has 0 heterocycles. The zero-order valence-electron chi connectivity index (χ0n) is 42.7. The first-order valence-corrected chi connectivity index (χ1v) is 27.4. The number of ether oxygens (including phenoxy) is 3. The zero-order chi connectivity index (χ0) is 47.2. The van der Waals surface area contributed by atoms with Crippen LogP contribution >= 0.6 is 0 Å². The predicted molar refractivity (Wildman–Crippen MR) is 279 cm³/mol. The number of rotatable bonds is 49. The zero-order valence-corrected chi connectivity index (χ0v) is 42.7. The van der Waals surface area contributed by atoms with Crippen molar-refractivity contribution in [1.29, 1.82) is 0 Å². The molecule has 0 N–H and O–H groups in total. The van der Waals surface area contributed by atoms with Crippen LogP contribution in [-0.2, 0) is 28.6 Å². The third-order valence-corrected chi connectivity index (χ3v) is 11.7. The largest absolute Gasteiger partial charge is 0.462 e. The maximum atomic E-state index is 12.8. The van der Waals surface area contributed by atoms with Gasteiger partial charge in [-0.1, -0.05) is 261 Å². The van der Waals surface area contributed by atoms with Crippen molar-refractivity contribution in [3.8, 4) is 0 Å². The Hall–Kier alpha value is -3.15. The highest BCUT2D eigenvalue weighted by Gasteiger charge is 2.19. The maximum absolute atomic E-state index is 12.8. The number of carbonyl (C=O) groups excluding carboxylic acids is 3. The SMILES string of the molecule is CC/C=C/C/C=C/C/C=C/C/C=C/C/C=C/C/C=C/CCC(=O)OC[C@@H](COC(=O)CCCCCCCCCCCCCCC)OC(=O)CCCCCCCCCCCCCCCCC. The lowest BCUT2D eigenvalue weighted by Gasteiger charge is -2.18. The molecule has 0 fully saturated rings. The average Bonchev–Trinajstić information content (AvgIpc) is 3.30.